The van der Waals surface area contributed by atoms with Crippen LogP contribution in [0.15, 0.2) is 21.1 Å². The molecule has 0 spiro atoms. The summed E-state index contributed by atoms with van der Waals surface area (Å²) >= 11 is 7.29. The van der Waals surface area contributed by atoms with Gasteiger partial charge in [0.05, 0.1) is 5.52 Å². The Kier molecular flexibility index (Phi) is 4.85. The number of anilines is 1. The first-order valence-corrected chi connectivity index (χ1v) is 9.33. The van der Waals surface area contributed by atoms with Crippen molar-refractivity contribution in [1.29, 1.82) is 0 Å². The van der Waals surface area contributed by atoms with Crippen molar-refractivity contribution in [1.82, 2.24) is 4.98 Å². The highest BCUT2D eigenvalue weighted by Gasteiger charge is 2.18. The average molecular weight is 412 g/mol. The topological polar surface area (TPSA) is 24.9 Å². The molecule has 0 fully saturated rings. The van der Waals surface area contributed by atoms with Crippen LogP contribution in [-0.2, 0) is 12.8 Å². The molecule has 1 aromatic carbocycles. The van der Waals surface area contributed by atoms with Crippen molar-refractivity contribution >= 4 is 48.5 Å². The molecular weight excluding hydrogens is 392 g/mol. The van der Waals surface area contributed by atoms with Crippen LogP contribution in [0.3, 0.4) is 0 Å². The largest absolute Gasteiger partial charge is 0.384 e. The van der Waals surface area contributed by atoms with Crippen LogP contribution in [0.1, 0.15) is 43.9 Å². The minimum absolute atomic E-state index is 1.01. The van der Waals surface area contributed by atoms with E-state index in [9.17, 15) is 0 Å². The van der Waals surface area contributed by atoms with E-state index in [2.05, 4.69) is 56.2 Å². The molecule has 0 saturated carbocycles. The molecule has 21 heavy (non-hydrogen) atoms. The Balaban J connectivity index is 2.26. The molecule has 1 N–H and O–H groups in total. The molecule has 3 rings (SSSR count). The fourth-order valence-electron chi connectivity index (χ4n) is 3.08. The van der Waals surface area contributed by atoms with Gasteiger partial charge in [0.2, 0.25) is 0 Å². The highest BCUT2D eigenvalue weighted by atomic mass is 79.9. The van der Waals surface area contributed by atoms with Crippen LogP contribution in [-0.4, -0.2) is 11.5 Å². The fourth-order valence-corrected chi connectivity index (χ4v) is 4.39. The summed E-state index contributed by atoms with van der Waals surface area (Å²) in [5, 5.41) is 4.89. The van der Waals surface area contributed by atoms with Crippen molar-refractivity contribution in [3.8, 4) is 0 Å². The van der Waals surface area contributed by atoms with Gasteiger partial charge in [-0.2, -0.15) is 0 Å². The summed E-state index contributed by atoms with van der Waals surface area (Å²) < 4.78 is 2.16. The predicted molar refractivity (Wildman–Crippen MR) is 97.2 cm³/mol. The molecule has 0 unspecified atom stereocenters. The van der Waals surface area contributed by atoms with Gasteiger partial charge in [-0.05, 0) is 65.7 Å². The summed E-state index contributed by atoms with van der Waals surface area (Å²) in [6.45, 7) is 3.22. The second-order valence-corrected chi connectivity index (χ2v) is 7.45. The zero-order chi connectivity index (χ0) is 14.8. The first-order valence-electron chi connectivity index (χ1n) is 7.75. The molecule has 0 radical (unpaired) electrons. The van der Waals surface area contributed by atoms with E-state index in [1.165, 1.54) is 41.6 Å². The molecule has 1 aliphatic carbocycles. The second-order valence-electron chi connectivity index (χ2n) is 5.68. The van der Waals surface area contributed by atoms with Gasteiger partial charge in [-0.3, -0.25) is 4.98 Å². The summed E-state index contributed by atoms with van der Waals surface area (Å²) in [5.74, 6) is 0. The number of aryl methyl sites for hydroxylation is 1. The van der Waals surface area contributed by atoms with Crippen LogP contribution < -0.4 is 5.32 Å². The number of halogens is 2. The Morgan fingerprint density at radius 1 is 1.14 bits per heavy atom. The van der Waals surface area contributed by atoms with Crippen molar-refractivity contribution in [3.05, 3.63) is 32.3 Å². The van der Waals surface area contributed by atoms with Crippen LogP contribution >= 0.6 is 31.9 Å². The number of hydrogen-bond acceptors (Lipinski definition) is 2. The maximum absolute atomic E-state index is 4.98. The lowest BCUT2D eigenvalue weighted by Crippen LogP contribution is -2.08. The molecule has 2 nitrogen and oxygen atoms in total. The van der Waals surface area contributed by atoms with E-state index in [0.717, 1.165) is 40.3 Å². The standard InChI is InChI=1S/C17H20Br2N2/c1-2-8-20-16-12-6-4-3-5-7-15(12)21-17-13(16)9-11(18)10-14(17)19/h9-10H,2-8H2,1H3,(H,20,21). The minimum atomic E-state index is 1.01. The molecule has 0 atom stereocenters. The number of nitrogens with one attached hydrogen (secondary N) is 1. The van der Waals surface area contributed by atoms with Gasteiger partial charge in [-0.1, -0.05) is 29.3 Å². The Bertz CT molecular complexity index is 668. The molecular formula is C17H20Br2N2. The summed E-state index contributed by atoms with van der Waals surface area (Å²) in [6.07, 6.45) is 7.23. The van der Waals surface area contributed by atoms with Gasteiger partial charge in [0.25, 0.3) is 0 Å². The Morgan fingerprint density at radius 2 is 1.95 bits per heavy atom. The van der Waals surface area contributed by atoms with E-state index in [1.54, 1.807) is 0 Å². The first-order chi connectivity index (χ1) is 10.2. The van der Waals surface area contributed by atoms with Gasteiger partial charge in [0.15, 0.2) is 0 Å². The van der Waals surface area contributed by atoms with Crippen LogP contribution in [0.4, 0.5) is 5.69 Å². The zero-order valence-corrected chi connectivity index (χ0v) is 15.5. The van der Waals surface area contributed by atoms with Gasteiger partial charge in [-0.25, -0.2) is 0 Å². The number of nitrogens with zero attached hydrogens (tertiary/aromatic N) is 1. The highest BCUT2D eigenvalue weighted by Crippen LogP contribution is 2.37. The molecule has 1 heterocycles. The third-order valence-electron chi connectivity index (χ3n) is 4.09. The zero-order valence-electron chi connectivity index (χ0n) is 12.3. The summed E-state index contributed by atoms with van der Waals surface area (Å²) in [5.41, 5.74) is 5.12. The smallest absolute Gasteiger partial charge is 0.0869 e. The third-order valence-corrected chi connectivity index (χ3v) is 5.15. The molecule has 0 amide bonds. The van der Waals surface area contributed by atoms with Gasteiger partial charge >= 0.3 is 0 Å². The van der Waals surface area contributed by atoms with E-state index in [4.69, 9.17) is 4.98 Å². The number of pyridine rings is 1. The molecule has 1 aliphatic rings. The Labute approximate surface area is 143 Å². The predicted octanol–water partition coefficient (Wildman–Crippen LogP) is 5.85. The van der Waals surface area contributed by atoms with Crippen molar-refractivity contribution in [2.45, 2.75) is 45.4 Å². The molecule has 0 bridgehead atoms. The van der Waals surface area contributed by atoms with Crippen molar-refractivity contribution in [2.24, 2.45) is 0 Å². The van der Waals surface area contributed by atoms with E-state index in [-0.39, 0.29) is 0 Å². The summed E-state index contributed by atoms with van der Waals surface area (Å²) in [4.78, 5) is 4.98. The lowest BCUT2D eigenvalue weighted by molar-refractivity contribution is 0.709. The lowest BCUT2D eigenvalue weighted by Gasteiger charge is -2.18. The second kappa shape index (κ2) is 6.66. The SMILES string of the molecule is CCCNc1c2c(nc3c(Br)cc(Br)cc13)CCCCC2. The monoisotopic (exact) mass is 410 g/mol. The minimum Gasteiger partial charge on any atom is -0.384 e. The Morgan fingerprint density at radius 3 is 2.76 bits per heavy atom. The number of hydrogen-bond donors (Lipinski definition) is 1. The third kappa shape index (κ3) is 3.11. The van der Waals surface area contributed by atoms with Crippen LogP contribution in [0, 0.1) is 0 Å². The molecule has 1 aromatic heterocycles. The van der Waals surface area contributed by atoms with E-state index >= 15 is 0 Å². The molecule has 2 aromatic rings. The maximum Gasteiger partial charge on any atom is 0.0869 e. The van der Waals surface area contributed by atoms with Crippen LogP contribution in [0.5, 0.6) is 0 Å². The van der Waals surface area contributed by atoms with Crippen molar-refractivity contribution in [3.63, 3.8) is 0 Å². The lowest BCUT2D eigenvalue weighted by atomic mass is 10.0. The molecule has 112 valence electrons. The van der Waals surface area contributed by atoms with Crippen molar-refractivity contribution in [2.75, 3.05) is 11.9 Å². The number of aromatic nitrogens is 1. The maximum atomic E-state index is 4.98. The quantitative estimate of drug-likeness (QED) is 0.640. The normalized spacial score (nSPS) is 14.8. The van der Waals surface area contributed by atoms with Gasteiger partial charge in [0.1, 0.15) is 0 Å². The van der Waals surface area contributed by atoms with Crippen LogP contribution in [0.2, 0.25) is 0 Å². The van der Waals surface area contributed by atoms with E-state index in [1.807, 2.05) is 0 Å². The number of fused-ring (bicyclic) bond motifs is 2. The van der Waals surface area contributed by atoms with Crippen molar-refractivity contribution < 1.29 is 0 Å². The fraction of sp³-hybridized carbons (Fsp3) is 0.471. The summed E-state index contributed by atoms with van der Waals surface area (Å²) in [6, 6.07) is 4.28. The summed E-state index contributed by atoms with van der Waals surface area (Å²) in [7, 11) is 0. The van der Waals surface area contributed by atoms with E-state index in [0.29, 0.717) is 0 Å². The number of benzene rings is 1. The van der Waals surface area contributed by atoms with Crippen LogP contribution in [0.25, 0.3) is 10.9 Å². The number of rotatable bonds is 3. The molecule has 4 heteroatoms. The van der Waals surface area contributed by atoms with E-state index < -0.39 is 0 Å². The van der Waals surface area contributed by atoms with Gasteiger partial charge in [0, 0.05) is 32.3 Å². The molecule has 0 saturated heterocycles. The first kappa shape index (κ1) is 15.3. The van der Waals surface area contributed by atoms with Gasteiger partial charge in [-0.15, -0.1) is 0 Å². The van der Waals surface area contributed by atoms with Gasteiger partial charge < -0.3 is 5.32 Å². The molecule has 0 aliphatic heterocycles. The Hall–Kier alpha value is -0.610. The highest BCUT2D eigenvalue weighted by molar-refractivity contribution is 9.11. The average Bonchev–Trinajstić information content (AvgIpc) is 2.69.